The van der Waals surface area contributed by atoms with Crippen LogP contribution in [0.5, 0.6) is 0 Å². The summed E-state index contributed by atoms with van der Waals surface area (Å²) in [6.07, 6.45) is 0.644. The molecule has 0 amide bonds. The highest BCUT2D eigenvalue weighted by atomic mass is 35.5. The lowest BCUT2D eigenvalue weighted by Gasteiger charge is -2.20. The van der Waals surface area contributed by atoms with E-state index in [4.69, 9.17) is 5.73 Å². The van der Waals surface area contributed by atoms with Gasteiger partial charge in [0.2, 0.25) is 10.0 Å². The molecular weight excluding hydrogens is 340 g/mol. The van der Waals surface area contributed by atoms with Crippen molar-refractivity contribution in [3.05, 3.63) is 29.3 Å². The fraction of sp³-hybridized carbons (Fsp3) is 0.533. The van der Waals surface area contributed by atoms with Gasteiger partial charge in [-0.3, -0.25) is 0 Å². The second-order valence-corrected chi connectivity index (χ2v) is 7.29. The maximum absolute atomic E-state index is 12.5. The van der Waals surface area contributed by atoms with E-state index in [1.54, 1.807) is 6.92 Å². The van der Waals surface area contributed by atoms with E-state index in [-0.39, 0.29) is 35.5 Å². The molecule has 23 heavy (non-hydrogen) atoms. The largest absolute Gasteiger partial charge is 0.465 e. The number of sulfonamides is 1. The van der Waals surface area contributed by atoms with Crippen molar-refractivity contribution in [3.63, 3.8) is 0 Å². The number of carbonyl (C=O) groups excluding carboxylic acids is 1. The first kappa shape index (κ1) is 21.9. The van der Waals surface area contributed by atoms with Gasteiger partial charge < -0.3 is 10.5 Å². The van der Waals surface area contributed by atoms with Gasteiger partial charge in [0.1, 0.15) is 0 Å². The molecule has 132 valence electrons. The summed E-state index contributed by atoms with van der Waals surface area (Å²) in [5, 5.41) is 0. The summed E-state index contributed by atoms with van der Waals surface area (Å²) in [5.74, 6) is -0.245. The minimum absolute atomic E-state index is 0. The van der Waals surface area contributed by atoms with E-state index in [1.807, 2.05) is 13.8 Å². The lowest BCUT2D eigenvalue weighted by atomic mass is 10.1. The first-order chi connectivity index (χ1) is 10.2. The Kier molecular flexibility index (Phi) is 8.76. The van der Waals surface area contributed by atoms with Gasteiger partial charge in [-0.25, -0.2) is 17.9 Å². The van der Waals surface area contributed by atoms with Gasteiger partial charge in [-0.15, -0.1) is 12.4 Å². The number of halogens is 1. The third kappa shape index (κ3) is 5.76. The molecule has 6 nitrogen and oxygen atoms in total. The van der Waals surface area contributed by atoms with Crippen LogP contribution in [0.3, 0.4) is 0 Å². The molecule has 0 fully saturated rings. The molecule has 1 unspecified atom stereocenters. The van der Waals surface area contributed by atoms with Crippen molar-refractivity contribution in [2.45, 2.75) is 38.1 Å². The minimum atomic E-state index is -3.75. The Hall–Kier alpha value is -1.15. The molecule has 1 rings (SSSR count). The van der Waals surface area contributed by atoms with Crippen LogP contribution >= 0.6 is 12.4 Å². The smallest absolute Gasteiger partial charge is 0.338 e. The molecule has 0 aliphatic heterocycles. The van der Waals surface area contributed by atoms with Crippen molar-refractivity contribution in [2.24, 2.45) is 11.7 Å². The topological polar surface area (TPSA) is 98.5 Å². The molecule has 0 aromatic heterocycles. The number of nitrogens with one attached hydrogen (secondary N) is 1. The second kappa shape index (κ2) is 9.22. The van der Waals surface area contributed by atoms with Crippen LogP contribution in [0.1, 0.15) is 36.2 Å². The van der Waals surface area contributed by atoms with E-state index in [9.17, 15) is 13.2 Å². The average molecular weight is 365 g/mol. The molecule has 0 saturated heterocycles. The van der Waals surface area contributed by atoms with Crippen molar-refractivity contribution in [1.29, 1.82) is 0 Å². The van der Waals surface area contributed by atoms with Crippen molar-refractivity contribution in [3.8, 4) is 0 Å². The summed E-state index contributed by atoms with van der Waals surface area (Å²) in [6.45, 7) is 5.80. The predicted octanol–water partition coefficient (Wildman–Crippen LogP) is 1.86. The summed E-state index contributed by atoms with van der Waals surface area (Å²) in [5.41, 5.74) is 6.24. The zero-order valence-corrected chi connectivity index (χ0v) is 15.5. The molecule has 1 aromatic rings. The van der Waals surface area contributed by atoms with E-state index in [1.165, 1.54) is 25.3 Å². The van der Waals surface area contributed by atoms with Gasteiger partial charge >= 0.3 is 5.97 Å². The lowest BCUT2D eigenvalue weighted by molar-refractivity contribution is 0.0599. The van der Waals surface area contributed by atoms with Crippen LogP contribution in [-0.4, -0.2) is 34.1 Å². The molecule has 0 bridgehead atoms. The van der Waals surface area contributed by atoms with Gasteiger partial charge in [0.25, 0.3) is 0 Å². The van der Waals surface area contributed by atoms with Crippen LogP contribution in [0.2, 0.25) is 0 Å². The molecule has 0 saturated carbocycles. The Labute approximate surface area is 144 Å². The van der Waals surface area contributed by atoms with Crippen molar-refractivity contribution >= 4 is 28.4 Å². The summed E-state index contributed by atoms with van der Waals surface area (Å²) in [6, 6.07) is 4.18. The second-order valence-electron chi connectivity index (χ2n) is 5.60. The third-order valence-electron chi connectivity index (χ3n) is 3.34. The van der Waals surface area contributed by atoms with E-state index in [0.717, 1.165) is 0 Å². The van der Waals surface area contributed by atoms with Crippen LogP contribution in [0.15, 0.2) is 23.1 Å². The quantitative estimate of drug-likeness (QED) is 0.719. The Morgan fingerprint density at radius 2 is 1.96 bits per heavy atom. The number of methoxy groups -OCH3 is 1. The van der Waals surface area contributed by atoms with Gasteiger partial charge in [-0.2, -0.15) is 0 Å². The Bertz CT molecular complexity index is 632. The summed E-state index contributed by atoms with van der Waals surface area (Å²) in [7, 11) is -2.49. The van der Waals surface area contributed by atoms with Crippen LogP contribution in [-0.2, 0) is 14.8 Å². The van der Waals surface area contributed by atoms with Crippen molar-refractivity contribution < 1.29 is 17.9 Å². The normalized spacial score (nSPS) is 12.6. The SMILES string of the molecule is COC(=O)c1cccc(S(=O)(=O)NC(CN)CC(C)C)c1C.Cl. The summed E-state index contributed by atoms with van der Waals surface area (Å²) in [4.78, 5) is 11.7. The Morgan fingerprint density at radius 3 is 2.43 bits per heavy atom. The number of rotatable bonds is 7. The number of hydrogen-bond donors (Lipinski definition) is 2. The molecule has 3 N–H and O–H groups in total. The van der Waals surface area contributed by atoms with Crippen LogP contribution in [0, 0.1) is 12.8 Å². The first-order valence-corrected chi connectivity index (χ1v) is 8.61. The third-order valence-corrected chi connectivity index (χ3v) is 5.01. The maximum atomic E-state index is 12.5. The van der Waals surface area contributed by atoms with Crippen molar-refractivity contribution in [1.82, 2.24) is 4.72 Å². The van der Waals surface area contributed by atoms with Gasteiger partial charge in [-0.1, -0.05) is 19.9 Å². The number of esters is 1. The monoisotopic (exact) mass is 364 g/mol. The molecule has 0 heterocycles. The highest BCUT2D eigenvalue weighted by molar-refractivity contribution is 7.89. The molecule has 8 heteroatoms. The van der Waals surface area contributed by atoms with Gasteiger partial charge in [0.15, 0.2) is 0 Å². The van der Waals surface area contributed by atoms with E-state index in [2.05, 4.69) is 9.46 Å². The Balaban J connectivity index is 0.00000484. The fourth-order valence-corrected chi connectivity index (χ4v) is 3.81. The zero-order valence-electron chi connectivity index (χ0n) is 13.8. The summed E-state index contributed by atoms with van der Waals surface area (Å²) < 4.78 is 32.4. The van der Waals surface area contributed by atoms with Gasteiger partial charge in [-0.05, 0) is 37.0 Å². The standard InChI is InChI=1S/C15H24N2O4S.ClH/c1-10(2)8-12(9-16)17-22(19,20)14-7-5-6-13(11(14)3)15(18)21-4;/h5-7,10,12,17H,8-9,16H2,1-4H3;1H. The lowest BCUT2D eigenvalue weighted by Crippen LogP contribution is -2.41. The zero-order chi connectivity index (χ0) is 16.9. The number of benzene rings is 1. The number of nitrogens with two attached hydrogens (primary N) is 1. The maximum Gasteiger partial charge on any atom is 0.338 e. The summed E-state index contributed by atoms with van der Waals surface area (Å²) >= 11 is 0. The number of hydrogen-bond acceptors (Lipinski definition) is 5. The predicted molar refractivity (Wildman–Crippen MR) is 92.4 cm³/mol. The molecule has 0 aliphatic carbocycles. The van der Waals surface area contributed by atoms with Gasteiger partial charge in [0.05, 0.1) is 17.6 Å². The first-order valence-electron chi connectivity index (χ1n) is 7.13. The van der Waals surface area contributed by atoms with E-state index in [0.29, 0.717) is 17.9 Å². The van der Waals surface area contributed by atoms with Gasteiger partial charge in [0, 0.05) is 12.6 Å². The highest BCUT2D eigenvalue weighted by Gasteiger charge is 2.24. The van der Waals surface area contributed by atoms with Crippen molar-refractivity contribution in [2.75, 3.05) is 13.7 Å². The van der Waals surface area contributed by atoms with E-state index < -0.39 is 16.0 Å². The number of ether oxygens (including phenoxy) is 1. The van der Waals surface area contributed by atoms with Crippen LogP contribution in [0.25, 0.3) is 0 Å². The highest BCUT2D eigenvalue weighted by Crippen LogP contribution is 2.20. The molecular formula is C15H25ClN2O4S. The van der Waals surface area contributed by atoms with Crippen LogP contribution < -0.4 is 10.5 Å². The number of carbonyl (C=O) groups is 1. The molecule has 1 atom stereocenters. The Morgan fingerprint density at radius 1 is 1.35 bits per heavy atom. The van der Waals surface area contributed by atoms with Crippen LogP contribution in [0.4, 0.5) is 0 Å². The fourth-order valence-electron chi connectivity index (χ4n) is 2.28. The minimum Gasteiger partial charge on any atom is -0.465 e. The molecule has 1 aromatic carbocycles. The average Bonchev–Trinajstić information content (AvgIpc) is 2.44. The molecule has 0 aliphatic rings. The molecule has 0 radical (unpaired) electrons. The molecule has 0 spiro atoms. The van der Waals surface area contributed by atoms with E-state index >= 15 is 0 Å².